The van der Waals surface area contributed by atoms with Crippen molar-refractivity contribution in [1.82, 2.24) is 5.32 Å². The summed E-state index contributed by atoms with van der Waals surface area (Å²) < 4.78 is 0. The lowest BCUT2D eigenvalue weighted by Crippen LogP contribution is -2.46. The van der Waals surface area contributed by atoms with Crippen molar-refractivity contribution in [2.24, 2.45) is 5.73 Å². The van der Waals surface area contributed by atoms with Crippen LogP contribution in [-0.4, -0.2) is 23.6 Å². The van der Waals surface area contributed by atoms with E-state index in [4.69, 9.17) is 5.73 Å². The van der Waals surface area contributed by atoms with Crippen molar-refractivity contribution in [3.63, 3.8) is 0 Å². The summed E-state index contributed by atoms with van der Waals surface area (Å²) in [6.07, 6.45) is 0.212. The fourth-order valence-corrected chi connectivity index (χ4v) is 4.50. The summed E-state index contributed by atoms with van der Waals surface area (Å²) in [6, 6.07) is 32.5. The summed E-state index contributed by atoms with van der Waals surface area (Å²) >= 11 is 0. The van der Waals surface area contributed by atoms with Gasteiger partial charge in [0.1, 0.15) is 6.04 Å². The van der Waals surface area contributed by atoms with Gasteiger partial charge in [-0.2, -0.15) is 0 Å². The second-order valence-electron chi connectivity index (χ2n) is 8.72. The summed E-state index contributed by atoms with van der Waals surface area (Å²) in [5, 5.41) is 6.34. The molecule has 0 fully saturated rings. The molecule has 0 aliphatic heterocycles. The van der Waals surface area contributed by atoms with Crippen LogP contribution in [0.2, 0.25) is 0 Å². The molecule has 176 valence electrons. The standard InChI is InChI=1S/C31H24N2O3/c32-30(35)27(18-20-14-16-22(17-15-20)29(34)21-8-2-1-3-9-21)33-31(36)28-25-12-6-4-10-23(25)19-24-11-5-7-13-26(24)28/h1-17,19,27H,18H2,(H2,32,35)(H,33,36)/t27-/m1/s1. The van der Waals surface area contributed by atoms with Gasteiger partial charge in [-0.1, -0.05) is 103 Å². The van der Waals surface area contributed by atoms with E-state index in [1.165, 1.54) is 0 Å². The van der Waals surface area contributed by atoms with Gasteiger partial charge in [-0.05, 0) is 33.2 Å². The first-order valence-corrected chi connectivity index (χ1v) is 11.7. The van der Waals surface area contributed by atoms with Crippen LogP contribution < -0.4 is 11.1 Å². The van der Waals surface area contributed by atoms with E-state index in [9.17, 15) is 14.4 Å². The van der Waals surface area contributed by atoms with Gasteiger partial charge in [-0.15, -0.1) is 0 Å². The van der Waals surface area contributed by atoms with E-state index in [1.807, 2.05) is 72.8 Å². The van der Waals surface area contributed by atoms with Gasteiger partial charge in [0.05, 0.1) is 5.56 Å². The molecule has 0 saturated heterocycles. The number of benzene rings is 5. The highest BCUT2D eigenvalue weighted by atomic mass is 16.2. The number of carbonyl (C=O) groups is 3. The van der Waals surface area contributed by atoms with E-state index < -0.39 is 11.9 Å². The third-order valence-electron chi connectivity index (χ3n) is 6.34. The van der Waals surface area contributed by atoms with Gasteiger partial charge in [0.2, 0.25) is 5.91 Å². The minimum absolute atomic E-state index is 0.0789. The highest BCUT2D eigenvalue weighted by Crippen LogP contribution is 2.28. The Morgan fingerprint density at radius 2 is 1.19 bits per heavy atom. The van der Waals surface area contributed by atoms with Gasteiger partial charge in [-0.3, -0.25) is 14.4 Å². The van der Waals surface area contributed by atoms with Crippen molar-refractivity contribution in [2.45, 2.75) is 12.5 Å². The van der Waals surface area contributed by atoms with Gasteiger partial charge in [0, 0.05) is 17.5 Å². The van der Waals surface area contributed by atoms with E-state index in [0.717, 1.165) is 27.1 Å². The number of primary amides is 1. The summed E-state index contributed by atoms with van der Waals surface area (Å²) in [6.45, 7) is 0. The third kappa shape index (κ3) is 4.59. The number of ketones is 1. The molecule has 0 saturated carbocycles. The number of rotatable bonds is 7. The van der Waals surface area contributed by atoms with E-state index in [-0.39, 0.29) is 18.1 Å². The predicted octanol–water partition coefficient (Wildman–Crippen LogP) is 5.05. The molecule has 0 unspecified atom stereocenters. The molecule has 0 spiro atoms. The molecule has 0 aliphatic carbocycles. The average molecular weight is 473 g/mol. The van der Waals surface area contributed by atoms with Crippen LogP contribution in [0.1, 0.15) is 31.8 Å². The molecule has 5 heteroatoms. The number of carbonyl (C=O) groups excluding carboxylic acids is 3. The number of fused-ring (bicyclic) bond motifs is 2. The smallest absolute Gasteiger partial charge is 0.253 e. The molecule has 0 radical (unpaired) electrons. The van der Waals surface area contributed by atoms with Gasteiger partial charge in [-0.25, -0.2) is 0 Å². The lowest BCUT2D eigenvalue weighted by molar-refractivity contribution is -0.119. The van der Waals surface area contributed by atoms with Crippen LogP contribution in [0, 0.1) is 0 Å². The van der Waals surface area contributed by atoms with Crippen LogP contribution in [0.25, 0.3) is 21.5 Å². The maximum atomic E-state index is 13.5. The van der Waals surface area contributed by atoms with Crippen molar-refractivity contribution < 1.29 is 14.4 Å². The molecule has 0 aliphatic rings. The Labute approximate surface area is 208 Å². The van der Waals surface area contributed by atoms with Crippen LogP contribution in [0.3, 0.4) is 0 Å². The predicted molar refractivity (Wildman–Crippen MR) is 142 cm³/mol. The summed E-state index contributed by atoms with van der Waals surface area (Å²) in [7, 11) is 0. The Balaban J connectivity index is 1.40. The number of nitrogens with two attached hydrogens (primary N) is 1. The minimum atomic E-state index is -0.911. The van der Waals surface area contributed by atoms with Crippen LogP contribution in [0.5, 0.6) is 0 Å². The molecular weight excluding hydrogens is 448 g/mol. The molecule has 5 nitrogen and oxygen atoms in total. The molecule has 0 aromatic heterocycles. The first kappa shape index (κ1) is 23.0. The lowest BCUT2D eigenvalue weighted by atomic mass is 9.95. The number of hydrogen-bond acceptors (Lipinski definition) is 3. The number of hydrogen-bond donors (Lipinski definition) is 2. The molecule has 5 aromatic carbocycles. The molecule has 0 bridgehead atoms. The number of amides is 2. The molecule has 1 atom stereocenters. The van der Waals surface area contributed by atoms with E-state index in [1.54, 1.807) is 36.4 Å². The number of nitrogens with one attached hydrogen (secondary N) is 1. The zero-order chi connectivity index (χ0) is 25.1. The highest BCUT2D eigenvalue weighted by Gasteiger charge is 2.22. The Hall–Kier alpha value is -4.77. The Bertz CT molecular complexity index is 1540. The van der Waals surface area contributed by atoms with Crippen LogP contribution in [0.15, 0.2) is 109 Å². The van der Waals surface area contributed by atoms with Gasteiger partial charge in [0.15, 0.2) is 5.78 Å². The third-order valence-corrected chi connectivity index (χ3v) is 6.34. The largest absolute Gasteiger partial charge is 0.368 e. The second-order valence-corrected chi connectivity index (χ2v) is 8.72. The first-order valence-electron chi connectivity index (χ1n) is 11.7. The normalized spacial score (nSPS) is 11.8. The van der Waals surface area contributed by atoms with Crippen molar-refractivity contribution >= 4 is 39.1 Å². The molecule has 5 rings (SSSR count). The van der Waals surface area contributed by atoms with Crippen LogP contribution in [-0.2, 0) is 11.2 Å². The highest BCUT2D eigenvalue weighted by molar-refractivity contribution is 6.18. The minimum Gasteiger partial charge on any atom is -0.368 e. The SMILES string of the molecule is NC(=O)[C@@H](Cc1ccc(C(=O)c2ccccc2)cc1)NC(=O)c1c2ccccc2cc2ccccc12. The zero-order valence-electron chi connectivity index (χ0n) is 19.5. The summed E-state index contributed by atoms with van der Waals surface area (Å²) in [5.41, 5.74) is 8.13. The molecule has 5 aromatic rings. The second kappa shape index (κ2) is 9.84. The molecule has 2 amide bonds. The molecule has 0 heterocycles. The molecule has 36 heavy (non-hydrogen) atoms. The maximum Gasteiger partial charge on any atom is 0.253 e. The lowest BCUT2D eigenvalue weighted by Gasteiger charge is -2.18. The van der Waals surface area contributed by atoms with Crippen molar-refractivity contribution in [2.75, 3.05) is 0 Å². The van der Waals surface area contributed by atoms with Crippen molar-refractivity contribution in [3.8, 4) is 0 Å². The van der Waals surface area contributed by atoms with Gasteiger partial charge >= 0.3 is 0 Å². The van der Waals surface area contributed by atoms with E-state index in [0.29, 0.717) is 16.7 Å². The summed E-state index contributed by atoms with van der Waals surface area (Å²) in [5.74, 6) is -1.07. The Morgan fingerprint density at radius 1 is 0.667 bits per heavy atom. The van der Waals surface area contributed by atoms with Crippen LogP contribution in [0.4, 0.5) is 0 Å². The Morgan fingerprint density at radius 3 is 1.78 bits per heavy atom. The fraction of sp³-hybridized carbons (Fsp3) is 0.0645. The zero-order valence-corrected chi connectivity index (χ0v) is 19.5. The van der Waals surface area contributed by atoms with E-state index in [2.05, 4.69) is 5.32 Å². The van der Waals surface area contributed by atoms with E-state index >= 15 is 0 Å². The fourth-order valence-electron chi connectivity index (χ4n) is 4.50. The van der Waals surface area contributed by atoms with Crippen molar-refractivity contribution in [1.29, 1.82) is 0 Å². The molecular formula is C31H24N2O3. The average Bonchev–Trinajstić information content (AvgIpc) is 2.91. The van der Waals surface area contributed by atoms with Gasteiger partial charge in [0.25, 0.3) is 5.91 Å². The van der Waals surface area contributed by atoms with Crippen LogP contribution >= 0.6 is 0 Å². The monoisotopic (exact) mass is 472 g/mol. The topological polar surface area (TPSA) is 89.3 Å². The summed E-state index contributed by atoms with van der Waals surface area (Å²) in [4.78, 5) is 38.5. The Kier molecular flexibility index (Phi) is 6.29. The van der Waals surface area contributed by atoms with Crippen molar-refractivity contribution in [3.05, 3.63) is 131 Å². The van der Waals surface area contributed by atoms with Gasteiger partial charge < -0.3 is 11.1 Å². The first-order chi connectivity index (χ1) is 17.5. The maximum absolute atomic E-state index is 13.5. The quantitative estimate of drug-likeness (QED) is 0.257. The molecule has 3 N–H and O–H groups in total.